The number of hydrogen-bond acceptors (Lipinski definition) is 0. The molecule has 0 radical (unpaired) electrons. The highest BCUT2D eigenvalue weighted by molar-refractivity contribution is 6.27. The minimum absolute atomic E-state index is 0.626. The van der Waals surface area contributed by atoms with Crippen LogP contribution in [0.2, 0.25) is 0 Å². The van der Waals surface area contributed by atoms with Crippen LogP contribution >= 0.6 is 0 Å². The van der Waals surface area contributed by atoms with E-state index in [0.29, 0.717) is 0 Å². The lowest BCUT2D eigenvalue weighted by Gasteiger charge is -2.35. The highest BCUT2D eigenvalue weighted by Gasteiger charge is 2.49. The molecule has 0 aromatic heterocycles. The molecule has 0 fully saturated rings. The Labute approximate surface area is 367 Å². The quantitative estimate of drug-likeness (QED) is 0.120. The molecule has 0 heteroatoms. The van der Waals surface area contributed by atoms with Gasteiger partial charge in [-0.25, -0.2) is 0 Å². The molecule has 0 amide bonds. The van der Waals surface area contributed by atoms with Crippen molar-refractivity contribution in [2.24, 2.45) is 0 Å². The smallest absolute Gasteiger partial charge is 0.0622 e. The molecule has 0 bridgehead atoms. The molecule has 0 atom stereocenters. The second-order valence-corrected chi connectivity index (χ2v) is 17.0. The fraction of sp³-hybridized carbons (Fsp3) is 0.0159. The van der Waals surface area contributed by atoms with E-state index in [-0.39, 0.29) is 0 Å². The van der Waals surface area contributed by atoms with Gasteiger partial charge >= 0.3 is 0 Å². The topological polar surface area (TPSA) is 0 Å². The van der Waals surface area contributed by atoms with E-state index in [1.807, 2.05) is 0 Å². The van der Waals surface area contributed by atoms with E-state index in [9.17, 15) is 0 Å². The van der Waals surface area contributed by atoms with Gasteiger partial charge in [0.1, 0.15) is 0 Å². The van der Waals surface area contributed by atoms with Gasteiger partial charge in [0.25, 0.3) is 0 Å². The Morgan fingerprint density at radius 3 is 1.16 bits per heavy atom. The highest BCUT2D eigenvalue weighted by Crippen LogP contribution is 2.63. The average Bonchev–Trinajstić information content (AvgIpc) is 3.69. The lowest BCUT2D eigenvalue weighted by atomic mass is 9.66. The summed E-state index contributed by atoms with van der Waals surface area (Å²) in [6.07, 6.45) is 0. The maximum atomic E-state index is 2.60. The van der Waals surface area contributed by atoms with Crippen LogP contribution in [-0.4, -0.2) is 0 Å². The Hall–Kier alpha value is -8.06. The van der Waals surface area contributed by atoms with E-state index >= 15 is 0 Å². The average molecular weight is 797 g/mol. The first-order chi connectivity index (χ1) is 31.3. The summed E-state index contributed by atoms with van der Waals surface area (Å²) in [6.45, 7) is 0. The summed E-state index contributed by atoms with van der Waals surface area (Å²) in [5.41, 5.74) is 14.7. The van der Waals surface area contributed by atoms with Crippen LogP contribution in [0.4, 0.5) is 0 Å². The van der Waals surface area contributed by atoms with E-state index in [1.165, 1.54) is 121 Å². The predicted octanol–water partition coefficient (Wildman–Crippen LogP) is 16.8. The van der Waals surface area contributed by atoms with Gasteiger partial charge < -0.3 is 0 Å². The highest BCUT2D eigenvalue weighted by atomic mass is 14.5. The monoisotopic (exact) mass is 796 g/mol. The van der Waals surface area contributed by atoms with Crippen molar-refractivity contribution in [1.29, 1.82) is 0 Å². The van der Waals surface area contributed by atoms with Crippen LogP contribution in [0, 0.1) is 0 Å². The zero-order valence-electron chi connectivity index (χ0n) is 34.6. The van der Waals surface area contributed by atoms with Crippen LogP contribution in [0.3, 0.4) is 0 Å². The Morgan fingerprint density at radius 1 is 0.222 bits per heavy atom. The number of rotatable bonds is 5. The third-order valence-electron chi connectivity index (χ3n) is 13.9. The third kappa shape index (κ3) is 5.10. The first-order valence-corrected chi connectivity index (χ1v) is 22.0. The molecule has 12 aromatic rings. The summed E-state index contributed by atoms with van der Waals surface area (Å²) in [6, 6.07) is 90.6. The lowest BCUT2D eigenvalue weighted by Crippen LogP contribution is -2.29. The molecule has 12 aromatic carbocycles. The molecule has 292 valence electrons. The van der Waals surface area contributed by atoms with E-state index in [0.717, 1.165) is 0 Å². The molecule has 1 aliphatic rings. The maximum Gasteiger partial charge on any atom is 0.0720 e. The minimum Gasteiger partial charge on any atom is -0.0622 e. The molecule has 0 aliphatic heterocycles. The van der Waals surface area contributed by atoms with Crippen molar-refractivity contribution in [2.45, 2.75) is 5.41 Å². The predicted molar refractivity (Wildman–Crippen MR) is 268 cm³/mol. The van der Waals surface area contributed by atoms with Crippen molar-refractivity contribution in [2.75, 3.05) is 0 Å². The Morgan fingerprint density at radius 2 is 0.603 bits per heavy atom. The zero-order chi connectivity index (χ0) is 41.5. The third-order valence-corrected chi connectivity index (χ3v) is 13.9. The second kappa shape index (κ2) is 14.0. The zero-order valence-corrected chi connectivity index (χ0v) is 34.6. The lowest BCUT2D eigenvalue weighted by molar-refractivity contribution is 0.777. The molecule has 0 spiro atoms. The number of hydrogen-bond donors (Lipinski definition) is 0. The van der Waals surface area contributed by atoms with E-state index in [1.54, 1.807) is 0 Å². The van der Waals surface area contributed by atoms with Crippen molar-refractivity contribution in [1.82, 2.24) is 0 Å². The minimum atomic E-state index is -0.626. The van der Waals surface area contributed by atoms with Crippen molar-refractivity contribution in [3.05, 3.63) is 265 Å². The molecule has 1 aliphatic carbocycles. The van der Waals surface area contributed by atoms with Crippen molar-refractivity contribution >= 4 is 53.9 Å². The van der Waals surface area contributed by atoms with Crippen LogP contribution in [-0.2, 0) is 5.41 Å². The summed E-state index contributed by atoms with van der Waals surface area (Å²) >= 11 is 0. The number of benzene rings is 12. The van der Waals surface area contributed by atoms with Crippen LogP contribution in [0.15, 0.2) is 243 Å². The van der Waals surface area contributed by atoms with Crippen LogP contribution < -0.4 is 0 Å². The molecule has 0 nitrogen and oxygen atoms in total. The normalized spacial score (nSPS) is 12.9. The summed E-state index contributed by atoms with van der Waals surface area (Å²) in [5.74, 6) is 0. The van der Waals surface area contributed by atoms with Crippen LogP contribution in [0.5, 0.6) is 0 Å². The molecule has 0 heterocycles. The van der Waals surface area contributed by atoms with Gasteiger partial charge in [-0.05, 0) is 133 Å². The van der Waals surface area contributed by atoms with E-state index in [4.69, 9.17) is 0 Å². The van der Waals surface area contributed by atoms with Gasteiger partial charge in [-0.3, -0.25) is 0 Å². The van der Waals surface area contributed by atoms with Gasteiger partial charge in [-0.2, -0.15) is 0 Å². The molecule has 0 N–H and O–H groups in total. The molecule has 0 saturated carbocycles. The summed E-state index contributed by atoms with van der Waals surface area (Å²) in [7, 11) is 0. The Kier molecular flexibility index (Phi) is 7.92. The van der Waals surface area contributed by atoms with Crippen molar-refractivity contribution in [3.8, 4) is 44.5 Å². The SMILES string of the molecule is c1ccc(-c2cccc(-c3c4ccccc4c(-c4cc5c(c6ccccc46)-c4c(c6ccccc6c6ccccc46)C5(c4ccccc4)c4ccccc4)c4ccccc34)c2)cc1. The molecular weight excluding hydrogens is 757 g/mol. The molecule has 0 saturated heterocycles. The van der Waals surface area contributed by atoms with Gasteiger partial charge in [0.05, 0.1) is 5.41 Å². The molecule has 13 rings (SSSR count). The van der Waals surface area contributed by atoms with Crippen LogP contribution in [0.1, 0.15) is 22.3 Å². The summed E-state index contributed by atoms with van der Waals surface area (Å²) < 4.78 is 0. The summed E-state index contributed by atoms with van der Waals surface area (Å²) in [5, 5.41) is 12.7. The van der Waals surface area contributed by atoms with Crippen molar-refractivity contribution < 1.29 is 0 Å². The molecule has 63 heavy (non-hydrogen) atoms. The molecular formula is C63H40. The van der Waals surface area contributed by atoms with Gasteiger partial charge in [0.2, 0.25) is 0 Å². The van der Waals surface area contributed by atoms with Crippen LogP contribution in [0.25, 0.3) is 98.4 Å². The van der Waals surface area contributed by atoms with Gasteiger partial charge in [0, 0.05) is 0 Å². The van der Waals surface area contributed by atoms with Crippen molar-refractivity contribution in [3.63, 3.8) is 0 Å². The fourth-order valence-electron chi connectivity index (χ4n) is 11.4. The Bertz CT molecular complexity index is 3670. The van der Waals surface area contributed by atoms with Gasteiger partial charge in [0.15, 0.2) is 0 Å². The van der Waals surface area contributed by atoms with E-state index in [2.05, 4.69) is 243 Å². The standard InChI is InChI=1S/C63H40/c1-4-21-41(22-5-1)42-23-20-24-43(39-42)58-51-34-15-17-36-53(51)59(54-37-18-16-35-52(54)58)56-40-57-60(49-32-13-11-31-48(49)56)61-50-33-14-10-29-46(50)47-30-12-19-38-55(47)62(61)63(57,44-25-6-2-7-26-44)45-27-8-3-9-28-45/h1-40H. The maximum absolute atomic E-state index is 2.60. The molecule has 0 unspecified atom stereocenters. The fourth-order valence-corrected chi connectivity index (χ4v) is 11.4. The van der Waals surface area contributed by atoms with Gasteiger partial charge in [-0.1, -0.05) is 231 Å². The number of fused-ring (bicyclic) bond motifs is 12. The first-order valence-electron chi connectivity index (χ1n) is 22.0. The Balaban J connectivity index is 1.22. The largest absolute Gasteiger partial charge is 0.0720 e. The summed E-state index contributed by atoms with van der Waals surface area (Å²) in [4.78, 5) is 0. The first kappa shape index (κ1) is 35.7. The second-order valence-electron chi connectivity index (χ2n) is 17.0. The van der Waals surface area contributed by atoms with Gasteiger partial charge in [-0.15, -0.1) is 0 Å². The van der Waals surface area contributed by atoms with E-state index < -0.39 is 5.41 Å².